The van der Waals surface area contributed by atoms with E-state index in [1.165, 1.54) is 0 Å². The number of benzene rings is 4. The molecule has 0 radical (unpaired) electrons. The first-order valence-corrected chi connectivity index (χ1v) is 10.1. The summed E-state index contributed by atoms with van der Waals surface area (Å²) >= 11 is 5.93. The minimum atomic E-state index is -0.487. The monoisotopic (exact) mass is 428 g/mol. The van der Waals surface area contributed by atoms with Crippen molar-refractivity contribution in [1.82, 2.24) is 0 Å². The van der Waals surface area contributed by atoms with Crippen LogP contribution >= 0.6 is 11.6 Å². The molecular formula is C26H17ClO4. The SMILES string of the molecule is O=C(Oc1ccc2oc3ccccc3c2c1)c1ccccc1OCc1ccc(Cl)cc1. The Morgan fingerprint density at radius 2 is 1.55 bits per heavy atom. The van der Waals surface area contributed by atoms with Gasteiger partial charge in [-0.15, -0.1) is 0 Å². The van der Waals surface area contributed by atoms with E-state index in [4.69, 9.17) is 25.5 Å². The van der Waals surface area contributed by atoms with Gasteiger partial charge in [0.25, 0.3) is 0 Å². The van der Waals surface area contributed by atoms with Crippen molar-refractivity contribution in [2.24, 2.45) is 0 Å². The van der Waals surface area contributed by atoms with Crippen molar-refractivity contribution < 1.29 is 18.7 Å². The van der Waals surface area contributed by atoms with Crippen LogP contribution in [0.25, 0.3) is 21.9 Å². The van der Waals surface area contributed by atoms with Crippen molar-refractivity contribution in [3.8, 4) is 11.5 Å². The van der Waals surface area contributed by atoms with Gasteiger partial charge >= 0.3 is 5.97 Å². The number of rotatable bonds is 5. The molecule has 1 heterocycles. The molecule has 5 aromatic rings. The zero-order chi connectivity index (χ0) is 21.2. The summed E-state index contributed by atoms with van der Waals surface area (Å²) in [5, 5.41) is 2.53. The lowest BCUT2D eigenvalue weighted by Gasteiger charge is -2.11. The molecule has 0 aliphatic heterocycles. The maximum Gasteiger partial charge on any atom is 0.347 e. The van der Waals surface area contributed by atoms with Crippen LogP contribution in [-0.4, -0.2) is 5.97 Å². The number of furan rings is 1. The molecule has 0 atom stereocenters. The molecule has 0 fully saturated rings. The van der Waals surface area contributed by atoms with Crippen LogP contribution in [0.1, 0.15) is 15.9 Å². The van der Waals surface area contributed by atoms with E-state index < -0.39 is 5.97 Å². The molecule has 1 aromatic heterocycles. The van der Waals surface area contributed by atoms with Crippen LogP contribution in [0.4, 0.5) is 0 Å². The summed E-state index contributed by atoms with van der Waals surface area (Å²) in [5.74, 6) is 0.410. The Bertz CT molecular complexity index is 1390. The highest BCUT2D eigenvalue weighted by Gasteiger charge is 2.16. The highest BCUT2D eigenvalue weighted by Crippen LogP contribution is 2.32. The molecule has 152 valence electrons. The first-order valence-electron chi connectivity index (χ1n) is 9.77. The van der Waals surface area contributed by atoms with Crippen molar-refractivity contribution in [3.05, 3.63) is 107 Å². The number of hydrogen-bond acceptors (Lipinski definition) is 4. The third kappa shape index (κ3) is 3.98. The number of ether oxygens (including phenoxy) is 2. The van der Waals surface area contributed by atoms with Gasteiger partial charge in [0, 0.05) is 15.8 Å². The Morgan fingerprint density at radius 3 is 2.42 bits per heavy atom. The lowest BCUT2D eigenvalue weighted by Crippen LogP contribution is -2.11. The molecule has 0 bridgehead atoms. The van der Waals surface area contributed by atoms with Gasteiger partial charge in [0.05, 0.1) is 0 Å². The van der Waals surface area contributed by atoms with Crippen LogP contribution in [0.5, 0.6) is 11.5 Å². The molecule has 0 spiro atoms. The summed E-state index contributed by atoms with van der Waals surface area (Å²) in [7, 11) is 0. The molecule has 0 N–H and O–H groups in total. The van der Waals surface area contributed by atoms with Crippen molar-refractivity contribution in [2.75, 3.05) is 0 Å². The molecule has 0 amide bonds. The molecular weight excluding hydrogens is 412 g/mol. The van der Waals surface area contributed by atoms with Gasteiger partial charge in [-0.2, -0.15) is 0 Å². The molecule has 0 aliphatic carbocycles. The van der Waals surface area contributed by atoms with Crippen molar-refractivity contribution in [3.63, 3.8) is 0 Å². The van der Waals surface area contributed by atoms with Gasteiger partial charge < -0.3 is 13.9 Å². The van der Waals surface area contributed by atoms with Gasteiger partial charge in [-0.25, -0.2) is 4.79 Å². The van der Waals surface area contributed by atoms with E-state index in [0.29, 0.717) is 28.7 Å². The standard InChI is InChI=1S/C26H17ClO4/c27-18-11-9-17(10-12-18)16-29-23-7-3-2-6-21(23)26(28)30-19-13-14-25-22(15-19)20-5-1-4-8-24(20)31-25/h1-15H,16H2. The van der Waals surface area contributed by atoms with Crippen LogP contribution in [0.2, 0.25) is 5.02 Å². The molecule has 31 heavy (non-hydrogen) atoms. The average molecular weight is 429 g/mol. The topological polar surface area (TPSA) is 48.7 Å². The van der Waals surface area contributed by atoms with Crippen LogP contribution in [0.15, 0.2) is 95.4 Å². The zero-order valence-corrected chi connectivity index (χ0v) is 17.1. The first-order chi connectivity index (χ1) is 15.2. The minimum Gasteiger partial charge on any atom is -0.488 e. The van der Waals surface area contributed by atoms with Crippen LogP contribution in [-0.2, 0) is 6.61 Å². The highest BCUT2D eigenvalue weighted by molar-refractivity contribution is 6.30. The summed E-state index contributed by atoms with van der Waals surface area (Å²) in [5.41, 5.74) is 2.84. The quantitative estimate of drug-likeness (QED) is 0.222. The maximum absolute atomic E-state index is 12.9. The highest BCUT2D eigenvalue weighted by atomic mass is 35.5. The number of fused-ring (bicyclic) bond motifs is 3. The largest absolute Gasteiger partial charge is 0.488 e. The fraction of sp³-hybridized carbons (Fsp3) is 0.0385. The zero-order valence-electron chi connectivity index (χ0n) is 16.4. The number of halogens is 1. The smallest absolute Gasteiger partial charge is 0.347 e. The fourth-order valence-electron chi connectivity index (χ4n) is 3.43. The van der Waals surface area contributed by atoms with Crippen molar-refractivity contribution in [2.45, 2.75) is 6.61 Å². The molecule has 5 heteroatoms. The summed E-state index contributed by atoms with van der Waals surface area (Å²) in [6.45, 7) is 0.314. The third-order valence-electron chi connectivity index (χ3n) is 4.97. The second kappa shape index (κ2) is 8.17. The van der Waals surface area contributed by atoms with Crippen LogP contribution < -0.4 is 9.47 Å². The molecule has 0 saturated carbocycles. The summed E-state index contributed by atoms with van der Waals surface area (Å²) in [6.07, 6.45) is 0. The van der Waals surface area contributed by atoms with Gasteiger partial charge in [0.15, 0.2) is 0 Å². The Kier molecular flexibility index (Phi) is 5.06. The number of carbonyl (C=O) groups is 1. The lowest BCUT2D eigenvalue weighted by molar-refractivity contribution is 0.0730. The van der Waals surface area contributed by atoms with E-state index in [2.05, 4.69) is 0 Å². The Labute approximate surface area is 183 Å². The van der Waals surface area contributed by atoms with E-state index in [-0.39, 0.29) is 0 Å². The second-order valence-corrected chi connectivity index (χ2v) is 7.49. The Morgan fingerprint density at radius 1 is 0.806 bits per heavy atom. The van der Waals surface area contributed by atoms with Gasteiger partial charge in [-0.1, -0.05) is 54.1 Å². The van der Waals surface area contributed by atoms with E-state index in [1.807, 2.05) is 48.5 Å². The molecule has 5 rings (SSSR count). The van der Waals surface area contributed by atoms with Gasteiger partial charge in [0.1, 0.15) is 34.8 Å². The number of carbonyl (C=O) groups excluding carboxylic acids is 1. The predicted molar refractivity (Wildman–Crippen MR) is 121 cm³/mol. The number of para-hydroxylation sites is 2. The summed E-state index contributed by atoms with van der Waals surface area (Å²) in [6, 6.07) is 27.5. The first kappa shape index (κ1) is 19.2. The number of esters is 1. The Hall–Kier alpha value is -3.76. The predicted octanol–water partition coefficient (Wildman–Crippen LogP) is 7.04. The molecule has 0 saturated heterocycles. The summed E-state index contributed by atoms with van der Waals surface area (Å²) < 4.78 is 17.4. The van der Waals surface area contributed by atoms with Gasteiger partial charge in [-0.3, -0.25) is 0 Å². The Balaban J connectivity index is 1.38. The minimum absolute atomic E-state index is 0.314. The van der Waals surface area contributed by atoms with Crippen molar-refractivity contribution in [1.29, 1.82) is 0 Å². The van der Waals surface area contributed by atoms with Crippen molar-refractivity contribution >= 4 is 39.5 Å². The second-order valence-electron chi connectivity index (χ2n) is 7.06. The normalized spacial score (nSPS) is 11.0. The van der Waals surface area contributed by atoms with E-state index in [0.717, 1.165) is 27.5 Å². The van der Waals surface area contributed by atoms with E-state index >= 15 is 0 Å². The third-order valence-corrected chi connectivity index (χ3v) is 5.23. The van der Waals surface area contributed by atoms with Gasteiger partial charge in [0.2, 0.25) is 0 Å². The average Bonchev–Trinajstić information content (AvgIpc) is 3.17. The summed E-state index contributed by atoms with van der Waals surface area (Å²) in [4.78, 5) is 12.9. The molecule has 4 aromatic carbocycles. The van der Waals surface area contributed by atoms with Crippen LogP contribution in [0, 0.1) is 0 Å². The fourth-order valence-corrected chi connectivity index (χ4v) is 3.56. The lowest BCUT2D eigenvalue weighted by atomic mass is 10.1. The van der Waals surface area contributed by atoms with E-state index in [9.17, 15) is 4.79 Å². The number of hydrogen-bond donors (Lipinski definition) is 0. The molecule has 0 unspecified atom stereocenters. The van der Waals surface area contributed by atoms with E-state index in [1.54, 1.807) is 42.5 Å². The van der Waals surface area contributed by atoms with Gasteiger partial charge in [-0.05, 0) is 54.1 Å². The molecule has 4 nitrogen and oxygen atoms in total. The molecule has 0 aliphatic rings. The maximum atomic E-state index is 12.9. The van der Waals surface area contributed by atoms with Crippen LogP contribution in [0.3, 0.4) is 0 Å².